The molecule has 0 spiro atoms. The van der Waals surface area contributed by atoms with E-state index in [1.54, 1.807) is 30.3 Å². The minimum absolute atomic E-state index is 0.229. The molecule has 4 rings (SSSR count). The highest BCUT2D eigenvalue weighted by atomic mass is 35.5. The summed E-state index contributed by atoms with van der Waals surface area (Å²) in [5.74, 6) is -0.105. The number of thioether (sulfide) groups is 1. The molecule has 9 heteroatoms. The fourth-order valence-electron chi connectivity index (χ4n) is 3.47. The number of nitrogens with one attached hydrogen (secondary N) is 1. The standard InChI is InChI=1S/C24H19Cl2N3O3S/c1-13-11-16(14(2)29(13)17-7-9-18(10-8-17)32-15(3)30)12-21-23(31)28-24(33-21)27-20-6-4-5-19(25)22(20)26/h4-12H,1-3H3,(H,27,28,31)/b21-12-. The van der Waals surface area contributed by atoms with Gasteiger partial charge in [0.1, 0.15) is 5.75 Å². The zero-order chi connectivity index (χ0) is 23.7. The Labute approximate surface area is 205 Å². The van der Waals surface area contributed by atoms with Crippen LogP contribution in [0.3, 0.4) is 0 Å². The monoisotopic (exact) mass is 499 g/mol. The molecule has 33 heavy (non-hydrogen) atoms. The molecule has 0 bridgehead atoms. The lowest BCUT2D eigenvalue weighted by atomic mass is 10.2. The van der Waals surface area contributed by atoms with Crippen LogP contribution in [-0.4, -0.2) is 21.6 Å². The van der Waals surface area contributed by atoms with E-state index in [0.29, 0.717) is 31.6 Å². The molecular weight excluding hydrogens is 481 g/mol. The van der Waals surface area contributed by atoms with E-state index in [1.807, 2.05) is 38.1 Å². The zero-order valence-electron chi connectivity index (χ0n) is 18.0. The first-order valence-corrected chi connectivity index (χ1v) is 11.5. The molecule has 1 aliphatic heterocycles. The number of rotatable bonds is 4. The first-order chi connectivity index (χ1) is 15.7. The van der Waals surface area contributed by atoms with Crippen molar-refractivity contribution in [1.82, 2.24) is 9.88 Å². The fraction of sp³-hybridized carbons (Fsp3) is 0.125. The number of hydrogen-bond donors (Lipinski definition) is 1. The number of carbonyl (C=O) groups excluding carboxylic acids is 2. The molecule has 1 N–H and O–H groups in total. The molecule has 1 aromatic heterocycles. The summed E-state index contributed by atoms with van der Waals surface area (Å²) in [6.45, 7) is 5.34. The van der Waals surface area contributed by atoms with Crippen LogP contribution in [0.4, 0.5) is 5.69 Å². The van der Waals surface area contributed by atoms with E-state index in [9.17, 15) is 9.59 Å². The van der Waals surface area contributed by atoms with Crippen LogP contribution in [0.1, 0.15) is 23.9 Å². The normalized spacial score (nSPS) is 15.8. The number of aromatic nitrogens is 1. The summed E-state index contributed by atoms with van der Waals surface area (Å²) in [5.41, 5.74) is 4.30. The van der Waals surface area contributed by atoms with Gasteiger partial charge in [-0.2, -0.15) is 0 Å². The molecule has 168 valence electrons. The van der Waals surface area contributed by atoms with Gasteiger partial charge >= 0.3 is 5.97 Å². The lowest BCUT2D eigenvalue weighted by Crippen LogP contribution is -2.19. The van der Waals surface area contributed by atoms with E-state index in [0.717, 1.165) is 22.6 Å². The molecule has 0 saturated carbocycles. The van der Waals surface area contributed by atoms with Crippen molar-refractivity contribution in [2.75, 3.05) is 0 Å². The van der Waals surface area contributed by atoms with Crippen molar-refractivity contribution in [3.8, 4) is 11.4 Å². The van der Waals surface area contributed by atoms with Gasteiger partial charge in [-0.15, -0.1) is 0 Å². The number of hydrogen-bond acceptors (Lipinski definition) is 5. The maximum Gasteiger partial charge on any atom is 0.308 e. The lowest BCUT2D eigenvalue weighted by Gasteiger charge is -2.10. The van der Waals surface area contributed by atoms with Gasteiger partial charge in [0.05, 0.1) is 20.6 Å². The maximum absolute atomic E-state index is 12.5. The van der Waals surface area contributed by atoms with E-state index in [4.69, 9.17) is 27.9 Å². The van der Waals surface area contributed by atoms with Crippen molar-refractivity contribution in [2.45, 2.75) is 20.8 Å². The number of amidine groups is 1. The number of halogens is 2. The van der Waals surface area contributed by atoms with Crippen molar-refractivity contribution in [2.24, 2.45) is 4.99 Å². The smallest absolute Gasteiger partial charge is 0.308 e. The van der Waals surface area contributed by atoms with Gasteiger partial charge in [0.2, 0.25) is 0 Å². The van der Waals surface area contributed by atoms with Gasteiger partial charge in [0, 0.05) is 24.0 Å². The van der Waals surface area contributed by atoms with Gasteiger partial charge in [0.15, 0.2) is 5.17 Å². The second-order valence-corrected chi connectivity index (χ2v) is 9.12. The Morgan fingerprint density at radius 2 is 1.88 bits per heavy atom. The molecule has 6 nitrogen and oxygen atoms in total. The summed E-state index contributed by atoms with van der Waals surface area (Å²) in [5, 5.41) is 3.94. The Kier molecular flexibility index (Phi) is 6.65. The molecule has 1 saturated heterocycles. The number of aryl methyl sites for hydroxylation is 1. The van der Waals surface area contributed by atoms with E-state index < -0.39 is 0 Å². The van der Waals surface area contributed by atoms with E-state index in [-0.39, 0.29) is 11.9 Å². The summed E-state index contributed by atoms with van der Waals surface area (Å²) < 4.78 is 7.18. The number of benzene rings is 2. The number of amides is 1. The molecule has 2 heterocycles. The highest BCUT2D eigenvalue weighted by Gasteiger charge is 2.25. The summed E-state index contributed by atoms with van der Waals surface area (Å²) in [4.78, 5) is 28.6. The first kappa shape index (κ1) is 23.2. The predicted molar refractivity (Wildman–Crippen MR) is 134 cm³/mol. The molecule has 1 amide bonds. The number of carbonyl (C=O) groups is 2. The van der Waals surface area contributed by atoms with Gasteiger partial charge in [-0.3, -0.25) is 9.59 Å². The van der Waals surface area contributed by atoms with Crippen LogP contribution in [0.25, 0.3) is 11.8 Å². The van der Waals surface area contributed by atoms with E-state index in [1.165, 1.54) is 18.7 Å². The summed E-state index contributed by atoms with van der Waals surface area (Å²) in [6, 6.07) is 14.4. The largest absolute Gasteiger partial charge is 0.427 e. The third-order valence-corrected chi connectivity index (χ3v) is 6.64. The number of aliphatic imine (C=N–C) groups is 1. The van der Waals surface area contributed by atoms with Crippen LogP contribution < -0.4 is 10.1 Å². The van der Waals surface area contributed by atoms with E-state index in [2.05, 4.69) is 14.9 Å². The molecule has 3 aromatic rings. The average Bonchev–Trinajstić information content (AvgIpc) is 3.24. The highest BCUT2D eigenvalue weighted by Crippen LogP contribution is 2.35. The minimum atomic E-state index is -0.363. The molecule has 1 fully saturated rings. The van der Waals surface area contributed by atoms with Crippen molar-refractivity contribution in [3.63, 3.8) is 0 Å². The fourth-order valence-corrected chi connectivity index (χ4v) is 4.63. The van der Waals surface area contributed by atoms with Crippen LogP contribution in [0.15, 0.2) is 58.4 Å². The molecule has 0 radical (unpaired) electrons. The van der Waals surface area contributed by atoms with Crippen molar-refractivity contribution in [1.29, 1.82) is 0 Å². The second kappa shape index (κ2) is 9.47. The zero-order valence-corrected chi connectivity index (χ0v) is 20.3. The molecule has 1 aliphatic rings. The Bertz CT molecular complexity index is 1330. The van der Waals surface area contributed by atoms with Crippen LogP contribution in [0.5, 0.6) is 5.75 Å². The summed E-state index contributed by atoms with van der Waals surface area (Å²) in [6.07, 6.45) is 1.84. The number of nitrogens with zero attached hydrogens (tertiary/aromatic N) is 2. The average molecular weight is 500 g/mol. The third-order valence-electron chi connectivity index (χ3n) is 4.92. The summed E-state index contributed by atoms with van der Waals surface area (Å²) in [7, 11) is 0. The van der Waals surface area contributed by atoms with Gasteiger partial charge in [0.25, 0.3) is 5.91 Å². The van der Waals surface area contributed by atoms with Crippen LogP contribution >= 0.6 is 35.0 Å². The topological polar surface area (TPSA) is 72.7 Å². The molecular formula is C24H19Cl2N3O3S. The Balaban J connectivity index is 1.61. The van der Waals surface area contributed by atoms with Crippen LogP contribution in [0.2, 0.25) is 10.0 Å². The molecule has 2 aromatic carbocycles. The molecule has 0 atom stereocenters. The lowest BCUT2D eigenvalue weighted by molar-refractivity contribution is -0.131. The predicted octanol–water partition coefficient (Wildman–Crippen LogP) is 6.22. The van der Waals surface area contributed by atoms with Crippen LogP contribution in [0, 0.1) is 13.8 Å². The summed E-state index contributed by atoms with van der Waals surface area (Å²) >= 11 is 13.5. The molecule has 0 aliphatic carbocycles. The second-order valence-electron chi connectivity index (χ2n) is 7.30. The maximum atomic E-state index is 12.5. The quantitative estimate of drug-likeness (QED) is 0.262. The Morgan fingerprint density at radius 1 is 1.15 bits per heavy atom. The third kappa shape index (κ3) is 5.00. The highest BCUT2D eigenvalue weighted by molar-refractivity contribution is 8.18. The number of esters is 1. The van der Waals surface area contributed by atoms with Gasteiger partial charge in [-0.05, 0) is 79.7 Å². The van der Waals surface area contributed by atoms with Crippen molar-refractivity contribution < 1.29 is 14.3 Å². The van der Waals surface area contributed by atoms with Gasteiger partial charge in [-0.25, -0.2) is 4.99 Å². The Morgan fingerprint density at radius 3 is 2.58 bits per heavy atom. The van der Waals surface area contributed by atoms with Crippen LogP contribution in [-0.2, 0) is 9.59 Å². The Hall–Kier alpha value is -3.00. The van der Waals surface area contributed by atoms with Gasteiger partial charge in [-0.1, -0.05) is 29.3 Å². The van der Waals surface area contributed by atoms with Crippen molar-refractivity contribution in [3.05, 3.63) is 80.4 Å². The van der Waals surface area contributed by atoms with Gasteiger partial charge < -0.3 is 14.6 Å². The van der Waals surface area contributed by atoms with Crippen molar-refractivity contribution >= 4 is 63.8 Å². The first-order valence-electron chi connectivity index (χ1n) is 9.94. The SMILES string of the molecule is CC(=O)Oc1ccc(-n2c(C)cc(/C=C3\SC(=Nc4cccc(Cl)c4Cl)NC3=O)c2C)cc1. The minimum Gasteiger partial charge on any atom is -0.427 e. The number of ether oxygens (including phenoxy) is 1. The van der Waals surface area contributed by atoms with E-state index >= 15 is 0 Å². The molecule has 0 unspecified atom stereocenters.